The van der Waals surface area contributed by atoms with E-state index >= 15 is 0 Å². The third-order valence-corrected chi connectivity index (χ3v) is 13.2. The van der Waals surface area contributed by atoms with Gasteiger partial charge in [0, 0.05) is 55.1 Å². The van der Waals surface area contributed by atoms with Gasteiger partial charge in [0.1, 0.15) is 12.1 Å². The fraction of sp³-hybridized carbons (Fsp3) is 0.792. The standard InChI is InChI=1S/C48H82N8O12S/c1-28(2)39(43(64)53-33(15-14-23-50-46(49)67)41(62)51-31-19-17-30(18-20-31)26-68-45(66)29(3)4)54-36(57)16-12-11-13-24-56-37(58)25-35(44(56)65)69-27-34(55-48(8,9)10)42(63)52-32(21-22-38(59)60)40(61)47(5,6)7/h28-35,39,55H,11-27H2,1-10H3,(H,51,62)(H,52,63)(H,53,64)(H,54,57)(H,59,60)(H3,49,50,67)/t30?,31?,32-,33-,34-,35?,39-/m0/s1. The van der Waals surface area contributed by atoms with Crippen LogP contribution >= 0.6 is 11.8 Å². The number of likely N-dealkylation sites (tertiary alicyclic amines) is 1. The van der Waals surface area contributed by atoms with E-state index in [1.165, 1.54) is 4.90 Å². The third-order valence-electron chi connectivity index (χ3n) is 11.9. The van der Waals surface area contributed by atoms with Crippen LogP contribution in [0.15, 0.2) is 0 Å². The molecule has 0 aromatic rings. The SMILES string of the molecule is CC(C)C(=O)OCC1CCC(NC(=O)[C@H](CCCNC(N)=O)NC(=O)[C@@H](NC(=O)CCCCCN2C(=O)CC(SC[C@H](NC(C)(C)C)C(=O)N[C@@H](CCC(=O)O)C(=O)C(C)(C)C)C2=O)C(C)C)CC1. The molecule has 0 aromatic carbocycles. The van der Waals surface area contributed by atoms with E-state index in [9.17, 15) is 53.1 Å². The van der Waals surface area contributed by atoms with Crippen molar-refractivity contribution in [3.05, 3.63) is 0 Å². The number of carboxylic acid groups (broad SMARTS) is 1. The minimum Gasteiger partial charge on any atom is -0.481 e. The minimum atomic E-state index is -1.09. The molecular formula is C48H82N8O12S. The van der Waals surface area contributed by atoms with Gasteiger partial charge in [0.15, 0.2) is 5.78 Å². The molecule has 2 rings (SSSR count). The van der Waals surface area contributed by atoms with Crippen LogP contribution in [0, 0.1) is 23.2 Å². The second kappa shape index (κ2) is 28.8. The van der Waals surface area contributed by atoms with Gasteiger partial charge in [-0.25, -0.2) is 4.79 Å². The zero-order valence-electron chi connectivity index (χ0n) is 42.6. The highest BCUT2D eigenvalue weighted by atomic mass is 32.2. The highest BCUT2D eigenvalue weighted by molar-refractivity contribution is 8.00. The zero-order valence-corrected chi connectivity index (χ0v) is 43.4. The van der Waals surface area contributed by atoms with Gasteiger partial charge in [-0.05, 0) is 90.4 Å². The van der Waals surface area contributed by atoms with Gasteiger partial charge >= 0.3 is 18.0 Å². The Kier molecular flexibility index (Phi) is 25.2. The summed E-state index contributed by atoms with van der Waals surface area (Å²) < 4.78 is 5.40. The van der Waals surface area contributed by atoms with Gasteiger partial charge in [0.05, 0.1) is 29.9 Å². The first-order valence-corrected chi connectivity index (χ1v) is 25.5. The number of thioether (sulfide) groups is 1. The van der Waals surface area contributed by atoms with Crippen LogP contribution in [0.25, 0.3) is 0 Å². The number of hydrogen-bond acceptors (Lipinski definition) is 13. The van der Waals surface area contributed by atoms with Crippen LogP contribution < -0.4 is 37.6 Å². The second-order valence-electron chi connectivity index (χ2n) is 21.1. The van der Waals surface area contributed by atoms with Gasteiger partial charge in [-0.3, -0.25) is 48.1 Å². The van der Waals surface area contributed by atoms with Gasteiger partial charge in [0.25, 0.3) is 0 Å². The Balaban J connectivity index is 1.93. The molecule has 1 saturated heterocycles. The maximum Gasteiger partial charge on any atom is 0.312 e. The van der Waals surface area contributed by atoms with E-state index in [1.807, 2.05) is 20.8 Å². The van der Waals surface area contributed by atoms with Crippen molar-refractivity contribution in [3.8, 4) is 0 Å². The summed E-state index contributed by atoms with van der Waals surface area (Å²) in [5.41, 5.74) is 3.82. The Bertz CT molecular complexity index is 1790. The molecule has 1 heterocycles. The first-order valence-electron chi connectivity index (χ1n) is 24.5. The Morgan fingerprint density at radius 1 is 0.783 bits per heavy atom. The molecule has 0 bridgehead atoms. The highest BCUT2D eigenvalue weighted by Crippen LogP contribution is 2.28. The molecule has 8 amide bonds. The molecule has 20 nitrogen and oxygen atoms in total. The number of hydrogen-bond donors (Lipinski definition) is 8. The summed E-state index contributed by atoms with van der Waals surface area (Å²) in [6.07, 6.45) is 4.39. The van der Waals surface area contributed by atoms with E-state index < -0.39 is 64.2 Å². The molecule has 2 aliphatic rings. The molecule has 5 atom stereocenters. The molecule has 21 heteroatoms. The monoisotopic (exact) mass is 995 g/mol. The number of imide groups is 1. The molecule has 69 heavy (non-hydrogen) atoms. The summed E-state index contributed by atoms with van der Waals surface area (Å²) >= 11 is 1.16. The number of ketones is 1. The number of carboxylic acids is 1. The number of amides is 8. The lowest BCUT2D eigenvalue weighted by Crippen LogP contribution is -2.57. The number of carbonyl (C=O) groups is 10. The largest absolute Gasteiger partial charge is 0.481 e. The van der Waals surface area contributed by atoms with E-state index in [1.54, 1.807) is 48.5 Å². The van der Waals surface area contributed by atoms with Crippen molar-refractivity contribution in [2.45, 2.75) is 194 Å². The molecule has 0 spiro atoms. The normalized spacial score (nSPS) is 19.3. The van der Waals surface area contributed by atoms with Crippen LogP contribution in [-0.2, 0) is 47.9 Å². The third kappa shape index (κ3) is 22.7. The molecule has 0 aromatic heterocycles. The fourth-order valence-corrected chi connectivity index (χ4v) is 9.16. The van der Waals surface area contributed by atoms with Crippen molar-refractivity contribution in [2.24, 2.45) is 28.9 Å². The van der Waals surface area contributed by atoms with Crippen LogP contribution in [0.1, 0.15) is 153 Å². The topological polar surface area (TPSA) is 302 Å². The van der Waals surface area contributed by atoms with Gasteiger partial charge in [0.2, 0.25) is 35.4 Å². The molecule has 392 valence electrons. The summed E-state index contributed by atoms with van der Waals surface area (Å²) in [4.78, 5) is 129. The maximum atomic E-state index is 13.7. The summed E-state index contributed by atoms with van der Waals surface area (Å²) in [5.74, 6) is -4.43. The quantitative estimate of drug-likeness (QED) is 0.0304. The smallest absolute Gasteiger partial charge is 0.312 e. The lowest BCUT2D eigenvalue weighted by molar-refractivity contribution is -0.149. The van der Waals surface area contributed by atoms with Crippen LogP contribution in [0.5, 0.6) is 0 Å². The number of esters is 1. The van der Waals surface area contributed by atoms with E-state index in [-0.39, 0.29) is 110 Å². The van der Waals surface area contributed by atoms with Gasteiger partial charge in [-0.15, -0.1) is 11.8 Å². The summed E-state index contributed by atoms with van der Waals surface area (Å²) in [6, 6.07) is -4.65. The Hall–Kier alpha value is -4.79. The Morgan fingerprint density at radius 3 is 1.99 bits per heavy atom. The predicted molar refractivity (Wildman–Crippen MR) is 261 cm³/mol. The molecule has 1 saturated carbocycles. The van der Waals surface area contributed by atoms with E-state index in [0.29, 0.717) is 45.1 Å². The molecule has 0 radical (unpaired) electrons. The van der Waals surface area contributed by atoms with Gasteiger partial charge in [-0.2, -0.15) is 0 Å². The number of rotatable bonds is 29. The van der Waals surface area contributed by atoms with Crippen molar-refractivity contribution in [1.82, 2.24) is 36.8 Å². The molecule has 1 aliphatic heterocycles. The first kappa shape index (κ1) is 60.3. The Morgan fingerprint density at radius 2 is 1.42 bits per heavy atom. The van der Waals surface area contributed by atoms with E-state index in [4.69, 9.17) is 10.5 Å². The number of primary amides is 1. The number of urea groups is 1. The van der Waals surface area contributed by atoms with Crippen LogP contribution in [0.4, 0.5) is 4.79 Å². The molecular weight excluding hydrogens is 913 g/mol. The summed E-state index contributed by atoms with van der Waals surface area (Å²) in [7, 11) is 0. The van der Waals surface area contributed by atoms with E-state index in [0.717, 1.165) is 24.6 Å². The fourth-order valence-electron chi connectivity index (χ4n) is 7.97. The molecule has 9 N–H and O–H groups in total. The summed E-state index contributed by atoms with van der Waals surface area (Å²) in [5, 5.41) is 25.6. The lowest BCUT2D eigenvalue weighted by Gasteiger charge is -2.31. The molecule has 1 unspecified atom stereocenters. The maximum absolute atomic E-state index is 13.7. The number of Topliss-reactive ketones (excluding diaryl/α,β-unsaturated/α-hetero) is 1. The number of nitrogens with two attached hydrogens (primary N) is 1. The minimum absolute atomic E-state index is 0.0511. The van der Waals surface area contributed by atoms with Gasteiger partial charge in [-0.1, -0.05) is 54.9 Å². The second-order valence-corrected chi connectivity index (χ2v) is 22.3. The number of carbonyl (C=O) groups excluding carboxylic acids is 9. The average Bonchev–Trinajstić information content (AvgIpc) is 3.52. The van der Waals surface area contributed by atoms with Crippen LogP contribution in [-0.4, -0.2) is 136 Å². The Labute approximate surface area is 412 Å². The van der Waals surface area contributed by atoms with Crippen LogP contribution in [0.3, 0.4) is 0 Å². The first-order chi connectivity index (χ1) is 32.1. The van der Waals surface area contributed by atoms with Crippen molar-refractivity contribution >= 4 is 71.0 Å². The average molecular weight is 995 g/mol. The molecule has 1 aliphatic carbocycles. The lowest BCUT2D eigenvalue weighted by atomic mass is 9.84. The van der Waals surface area contributed by atoms with Gasteiger partial charge < -0.3 is 47.5 Å². The number of ether oxygens (including phenoxy) is 1. The predicted octanol–water partition coefficient (Wildman–Crippen LogP) is 3.08. The highest BCUT2D eigenvalue weighted by Gasteiger charge is 2.40. The number of unbranched alkanes of at least 4 members (excludes halogenated alkanes) is 2. The van der Waals surface area contributed by atoms with Crippen molar-refractivity contribution < 1.29 is 57.8 Å². The van der Waals surface area contributed by atoms with E-state index in [2.05, 4.69) is 31.9 Å². The number of nitrogens with one attached hydrogen (secondary N) is 6. The van der Waals surface area contributed by atoms with Crippen molar-refractivity contribution in [2.75, 3.05) is 25.4 Å². The zero-order chi connectivity index (χ0) is 52.2. The van der Waals surface area contributed by atoms with Crippen LogP contribution in [0.2, 0.25) is 0 Å². The van der Waals surface area contributed by atoms with Crippen molar-refractivity contribution in [3.63, 3.8) is 0 Å². The summed E-state index contributed by atoms with van der Waals surface area (Å²) in [6.45, 7) is 18.4. The number of nitrogens with zero attached hydrogens (tertiary/aromatic N) is 1. The van der Waals surface area contributed by atoms with Crippen molar-refractivity contribution in [1.29, 1.82) is 0 Å². The molecule has 2 fully saturated rings. The number of aliphatic carboxylic acids is 1.